The van der Waals surface area contributed by atoms with Gasteiger partial charge in [0.15, 0.2) is 0 Å². The Morgan fingerprint density at radius 2 is 1.86 bits per heavy atom. The molecule has 1 aliphatic heterocycles. The molecule has 0 spiro atoms. The summed E-state index contributed by atoms with van der Waals surface area (Å²) in [6.45, 7) is 0. The molecule has 0 unspecified atom stereocenters. The molecular weight excluding hydrogens is 111 g/mol. The van der Waals surface area contributed by atoms with Crippen LogP contribution in [0.4, 0.5) is 13.2 Å². The highest BCUT2D eigenvalue weighted by Gasteiger charge is 2.52. The maximum Gasteiger partial charge on any atom is 0.440 e. The second-order valence-electron chi connectivity index (χ2n) is 1.03. The van der Waals surface area contributed by atoms with Crippen molar-refractivity contribution in [2.75, 3.05) is 0 Å². The molecule has 0 atom stereocenters. The molecule has 0 aromatic rings. The van der Waals surface area contributed by atoms with Gasteiger partial charge in [0.2, 0.25) is 0 Å². The van der Waals surface area contributed by atoms with E-state index in [4.69, 9.17) is 0 Å². The van der Waals surface area contributed by atoms with Crippen molar-refractivity contribution < 1.29 is 18.0 Å². The quantitative estimate of drug-likeness (QED) is 0.465. The zero-order valence-corrected chi connectivity index (χ0v) is 3.04. The fourth-order valence-electron chi connectivity index (χ4n) is 0.141. The van der Waals surface area contributed by atoms with Crippen LogP contribution in [0.25, 0.3) is 0 Å². The van der Waals surface area contributed by atoms with Crippen LogP contribution in [-0.4, -0.2) is 6.18 Å². The summed E-state index contributed by atoms with van der Waals surface area (Å²) >= 11 is 0. The largest absolute Gasteiger partial charge is 0.440 e. The van der Waals surface area contributed by atoms with Gasteiger partial charge in [-0.25, -0.2) is 0 Å². The maximum absolute atomic E-state index is 11.0. The Hall–Kier alpha value is -0.290. The molecule has 1 saturated heterocycles. The number of hydrogen-bond donors (Lipinski definition) is 1. The number of hydroxylamine groups is 1. The smallest absolute Gasteiger partial charge is 0.259 e. The standard InChI is InChI=1S/C2HF3NO/c3-2(4,5)1-6-7-1/h6H. The first-order valence-electron chi connectivity index (χ1n) is 1.48. The third-order valence-corrected chi connectivity index (χ3v) is 0.462. The highest BCUT2D eigenvalue weighted by atomic mass is 19.4. The fraction of sp³-hybridized carbons (Fsp3) is 0.500. The normalized spacial score (nSPS) is 22.7. The van der Waals surface area contributed by atoms with E-state index in [1.165, 1.54) is 0 Å². The lowest BCUT2D eigenvalue weighted by Gasteiger charge is -1.93. The van der Waals surface area contributed by atoms with Crippen molar-refractivity contribution in [3.8, 4) is 0 Å². The van der Waals surface area contributed by atoms with Gasteiger partial charge in [0.05, 0.1) is 0 Å². The van der Waals surface area contributed by atoms with E-state index >= 15 is 0 Å². The average molecular weight is 112 g/mol. The lowest BCUT2D eigenvalue weighted by molar-refractivity contribution is -0.115. The highest BCUT2D eigenvalue weighted by molar-refractivity contribution is 4.89. The Bertz CT molecular complexity index is 75.5. The molecule has 1 aliphatic rings. The van der Waals surface area contributed by atoms with Gasteiger partial charge in [-0.2, -0.15) is 18.7 Å². The topological polar surface area (TPSA) is 34.5 Å². The summed E-state index contributed by atoms with van der Waals surface area (Å²) in [4.78, 5) is 3.61. The molecule has 1 heterocycles. The molecule has 0 saturated carbocycles. The van der Waals surface area contributed by atoms with Crippen molar-refractivity contribution in [3.63, 3.8) is 0 Å². The van der Waals surface area contributed by atoms with Gasteiger partial charge in [-0.05, 0) is 0 Å². The van der Waals surface area contributed by atoms with Gasteiger partial charge in [0, 0.05) is 0 Å². The molecule has 5 heteroatoms. The van der Waals surface area contributed by atoms with Crippen molar-refractivity contribution >= 4 is 0 Å². The molecule has 0 bridgehead atoms. The molecule has 0 amide bonds. The Morgan fingerprint density at radius 1 is 1.43 bits per heavy atom. The minimum Gasteiger partial charge on any atom is -0.259 e. The molecule has 0 aromatic heterocycles. The summed E-state index contributed by atoms with van der Waals surface area (Å²) < 4.78 is 33.0. The van der Waals surface area contributed by atoms with E-state index in [2.05, 4.69) is 4.84 Å². The minimum atomic E-state index is -4.31. The average Bonchev–Trinajstić information content (AvgIpc) is 1.99. The van der Waals surface area contributed by atoms with E-state index in [0.717, 1.165) is 0 Å². The number of alkyl halides is 3. The number of hydrogen-bond acceptors (Lipinski definition) is 2. The Morgan fingerprint density at radius 3 is 1.86 bits per heavy atom. The highest BCUT2D eigenvalue weighted by Crippen LogP contribution is 2.33. The lowest BCUT2D eigenvalue weighted by atomic mass is 10.6. The van der Waals surface area contributed by atoms with E-state index < -0.39 is 12.4 Å². The predicted molar refractivity (Wildman–Crippen MR) is 13.5 cm³/mol. The third kappa shape index (κ3) is 1.04. The number of rotatable bonds is 0. The van der Waals surface area contributed by atoms with E-state index in [1.807, 2.05) is 0 Å². The van der Waals surface area contributed by atoms with Crippen LogP contribution in [0.15, 0.2) is 0 Å². The molecule has 7 heavy (non-hydrogen) atoms. The first-order valence-corrected chi connectivity index (χ1v) is 1.48. The monoisotopic (exact) mass is 112 g/mol. The summed E-state index contributed by atoms with van der Waals surface area (Å²) in [5.41, 5.74) is 1.57. The summed E-state index contributed by atoms with van der Waals surface area (Å²) in [5.74, 6) is 0. The summed E-state index contributed by atoms with van der Waals surface area (Å²) in [7, 11) is 0. The van der Waals surface area contributed by atoms with Crippen LogP contribution < -0.4 is 5.48 Å². The first kappa shape index (κ1) is 4.86. The van der Waals surface area contributed by atoms with Crippen LogP contribution in [0.3, 0.4) is 0 Å². The van der Waals surface area contributed by atoms with E-state index in [0.29, 0.717) is 0 Å². The fourth-order valence-corrected chi connectivity index (χ4v) is 0.141. The molecule has 0 aliphatic carbocycles. The second-order valence-corrected chi connectivity index (χ2v) is 1.03. The SMILES string of the molecule is FC(F)(F)[C]1NO1. The molecule has 1 fully saturated rings. The molecule has 1 radical (unpaired) electrons. The van der Waals surface area contributed by atoms with Gasteiger partial charge in [-0.1, -0.05) is 0 Å². The summed E-state index contributed by atoms with van der Waals surface area (Å²) in [6, 6.07) is 0. The van der Waals surface area contributed by atoms with Crippen LogP contribution in [0.2, 0.25) is 0 Å². The molecule has 1 rings (SSSR count). The van der Waals surface area contributed by atoms with Gasteiger partial charge in [-0.3, -0.25) is 4.84 Å². The Labute approximate surface area is 37.2 Å². The third-order valence-electron chi connectivity index (χ3n) is 0.462. The summed E-state index contributed by atoms with van der Waals surface area (Å²) in [5, 5.41) is 0. The minimum absolute atomic E-state index is 1.01. The van der Waals surface area contributed by atoms with Crippen LogP contribution >= 0.6 is 0 Å². The molecule has 1 N–H and O–H groups in total. The number of halogens is 3. The van der Waals surface area contributed by atoms with Crippen LogP contribution in [0, 0.1) is 6.23 Å². The van der Waals surface area contributed by atoms with Crippen LogP contribution in [0.1, 0.15) is 0 Å². The van der Waals surface area contributed by atoms with Gasteiger partial charge in [-0.15, -0.1) is 0 Å². The zero-order chi connectivity index (χ0) is 5.49. The predicted octanol–water partition coefficient (Wildman–Crippen LogP) is 0.573. The Balaban J connectivity index is 2.36. The van der Waals surface area contributed by atoms with Gasteiger partial charge in [0.1, 0.15) is 0 Å². The van der Waals surface area contributed by atoms with Crippen molar-refractivity contribution in [1.29, 1.82) is 0 Å². The lowest BCUT2D eigenvalue weighted by Crippen LogP contribution is -2.10. The van der Waals surface area contributed by atoms with Crippen molar-refractivity contribution in [3.05, 3.63) is 6.23 Å². The van der Waals surface area contributed by atoms with Crippen LogP contribution in [-0.2, 0) is 4.84 Å². The van der Waals surface area contributed by atoms with E-state index in [-0.39, 0.29) is 0 Å². The van der Waals surface area contributed by atoms with Crippen molar-refractivity contribution in [2.24, 2.45) is 0 Å². The molecule has 2 nitrogen and oxygen atoms in total. The second kappa shape index (κ2) is 1.10. The van der Waals surface area contributed by atoms with Gasteiger partial charge < -0.3 is 0 Å². The molecule has 41 valence electrons. The molecular formula is C2HF3NO. The molecule has 0 aromatic carbocycles. The van der Waals surface area contributed by atoms with Gasteiger partial charge >= 0.3 is 12.4 Å². The number of nitrogens with one attached hydrogen (secondary N) is 1. The van der Waals surface area contributed by atoms with Gasteiger partial charge in [0.25, 0.3) is 0 Å². The van der Waals surface area contributed by atoms with E-state index in [9.17, 15) is 13.2 Å². The van der Waals surface area contributed by atoms with E-state index in [1.54, 1.807) is 5.48 Å². The van der Waals surface area contributed by atoms with Crippen molar-refractivity contribution in [2.45, 2.75) is 6.18 Å². The van der Waals surface area contributed by atoms with Crippen molar-refractivity contribution in [1.82, 2.24) is 5.48 Å². The zero-order valence-electron chi connectivity index (χ0n) is 3.04. The summed E-state index contributed by atoms with van der Waals surface area (Å²) in [6.07, 6.45) is -5.31. The first-order chi connectivity index (χ1) is 3.11. The van der Waals surface area contributed by atoms with Crippen LogP contribution in [0.5, 0.6) is 0 Å². The Kier molecular flexibility index (Phi) is 0.767. The maximum atomic E-state index is 11.0.